The van der Waals surface area contributed by atoms with Crippen molar-refractivity contribution in [2.24, 2.45) is 0 Å². The molecule has 2 rings (SSSR count). The van der Waals surface area contributed by atoms with Crippen LogP contribution in [0.2, 0.25) is 0 Å². The molecule has 92 valence electrons. The summed E-state index contributed by atoms with van der Waals surface area (Å²) in [5, 5.41) is 0. The molecule has 3 nitrogen and oxygen atoms in total. The van der Waals surface area contributed by atoms with Gasteiger partial charge in [-0.05, 0) is 57.6 Å². The van der Waals surface area contributed by atoms with Gasteiger partial charge in [-0.3, -0.25) is 4.79 Å². The number of halogens is 2. The molecule has 0 radical (unpaired) electrons. The summed E-state index contributed by atoms with van der Waals surface area (Å²) in [5.41, 5.74) is 0.758. The summed E-state index contributed by atoms with van der Waals surface area (Å²) < 4.78 is 7.37. The molecule has 0 aromatic heterocycles. The van der Waals surface area contributed by atoms with Gasteiger partial charge < -0.3 is 9.64 Å². The van der Waals surface area contributed by atoms with E-state index in [1.165, 1.54) is 0 Å². The highest BCUT2D eigenvalue weighted by atomic mass is 127. The lowest BCUT2D eigenvalue weighted by atomic mass is 10.2. The summed E-state index contributed by atoms with van der Waals surface area (Å²) in [6, 6.07) is 5.71. The van der Waals surface area contributed by atoms with E-state index in [2.05, 4.69) is 38.5 Å². The van der Waals surface area contributed by atoms with E-state index in [4.69, 9.17) is 4.74 Å². The van der Waals surface area contributed by atoms with E-state index in [1.54, 1.807) is 0 Å². The fraction of sp³-hybridized carbons (Fsp3) is 0.417. The van der Waals surface area contributed by atoms with Gasteiger partial charge in [0.15, 0.2) is 0 Å². The lowest BCUT2D eigenvalue weighted by molar-refractivity contribution is -0.0124. The average molecular weight is 410 g/mol. The zero-order valence-electron chi connectivity index (χ0n) is 9.45. The maximum absolute atomic E-state index is 12.4. The van der Waals surface area contributed by atoms with Gasteiger partial charge in [0.2, 0.25) is 0 Å². The molecule has 1 aliphatic heterocycles. The largest absolute Gasteiger partial charge is 0.375 e. The molecule has 0 spiro atoms. The molecule has 1 heterocycles. The monoisotopic (exact) mass is 409 g/mol. The second kappa shape index (κ2) is 5.67. The molecule has 0 bridgehead atoms. The summed E-state index contributed by atoms with van der Waals surface area (Å²) in [4.78, 5) is 14.2. The van der Waals surface area contributed by atoms with Crippen LogP contribution >= 0.6 is 38.5 Å². The molecule has 0 unspecified atom stereocenters. The first-order valence-electron chi connectivity index (χ1n) is 5.44. The number of benzene rings is 1. The van der Waals surface area contributed by atoms with Crippen LogP contribution in [0, 0.1) is 3.57 Å². The molecule has 1 atom stereocenters. The Labute approximate surface area is 123 Å². The first kappa shape index (κ1) is 13.3. The number of rotatable bonds is 1. The molecule has 5 heteroatoms. The molecule has 1 aromatic rings. The molecule has 0 aliphatic carbocycles. The number of carbonyl (C=O) groups is 1. The normalized spacial score (nSPS) is 20.4. The van der Waals surface area contributed by atoms with Crippen molar-refractivity contribution in [3.05, 3.63) is 31.8 Å². The second-order valence-corrected chi connectivity index (χ2v) is 5.97. The van der Waals surface area contributed by atoms with Gasteiger partial charge in [-0.25, -0.2) is 0 Å². The highest BCUT2D eigenvalue weighted by Gasteiger charge is 2.24. The lowest BCUT2D eigenvalue weighted by Gasteiger charge is -2.31. The fourth-order valence-electron chi connectivity index (χ4n) is 1.84. The van der Waals surface area contributed by atoms with Crippen molar-refractivity contribution >= 4 is 44.4 Å². The molecule has 1 fully saturated rings. The number of hydrogen-bond acceptors (Lipinski definition) is 2. The van der Waals surface area contributed by atoms with E-state index >= 15 is 0 Å². The van der Waals surface area contributed by atoms with Crippen LogP contribution in [-0.4, -0.2) is 36.6 Å². The van der Waals surface area contributed by atoms with Crippen molar-refractivity contribution in [3.8, 4) is 0 Å². The Morgan fingerprint density at radius 2 is 2.35 bits per heavy atom. The number of nitrogens with zero attached hydrogens (tertiary/aromatic N) is 1. The third kappa shape index (κ3) is 3.00. The first-order chi connectivity index (χ1) is 8.09. The van der Waals surface area contributed by atoms with Crippen LogP contribution in [0.15, 0.2) is 22.7 Å². The Hall–Kier alpha value is -0.140. The number of amides is 1. The average Bonchev–Trinajstić information content (AvgIpc) is 2.32. The topological polar surface area (TPSA) is 29.5 Å². The Morgan fingerprint density at radius 1 is 1.59 bits per heavy atom. The van der Waals surface area contributed by atoms with E-state index in [-0.39, 0.29) is 12.0 Å². The van der Waals surface area contributed by atoms with Crippen molar-refractivity contribution in [1.82, 2.24) is 4.90 Å². The predicted molar refractivity (Wildman–Crippen MR) is 78.2 cm³/mol. The molecular formula is C12H13BrINO2. The number of hydrogen-bond donors (Lipinski definition) is 0. The molecule has 1 aromatic carbocycles. The van der Waals surface area contributed by atoms with Gasteiger partial charge in [0, 0.05) is 21.1 Å². The van der Waals surface area contributed by atoms with Crippen LogP contribution in [0.3, 0.4) is 0 Å². The second-order valence-electron chi connectivity index (χ2n) is 4.03. The Kier molecular flexibility index (Phi) is 4.43. The van der Waals surface area contributed by atoms with Gasteiger partial charge in [0.05, 0.1) is 18.3 Å². The highest BCUT2D eigenvalue weighted by Crippen LogP contribution is 2.24. The number of carbonyl (C=O) groups excluding carboxylic acids is 1. The Bertz CT molecular complexity index is 439. The Balaban J connectivity index is 2.22. The van der Waals surface area contributed by atoms with Gasteiger partial charge in [0.1, 0.15) is 0 Å². The van der Waals surface area contributed by atoms with Crippen molar-refractivity contribution in [1.29, 1.82) is 0 Å². The van der Waals surface area contributed by atoms with Gasteiger partial charge >= 0.3 is 0 Å². The molecule has 1 amide bonds. The van der Waals surface area contributed by atoms with Crippen LogP contribution in [-0.2, 0) is 4.74 Å². The smallest absolute Gasteiger partial charge is 0.255 e. The summed E-state index contributed by atoms with van der Waals surface area (Å²) in [6.07, 6.45) is 0.123. The van der Waals surface area contributed by atoms with Gasteiger partial charge in [-0.1, -0.05) is 6.07 Å². The Morgan fingerprint density at radius 3 is 3.06 bits per heavy atom. The number of ether oxygens (including phenoxy) is 1. The maximum atomic E-state index is 12.4. The summed E-state index contributed by atoms with van der Waals surface area (Å²) in [5.74, 6) is 0.0888. The highest BCUT2D eigenvalue weighted by molar-refractivity contribution is 14.1. The minimum Gasteiger partial charge on any atom is -0.375 e. The van der Waals surface area contributed by atoms with Crippen LogP contribution in [0.4, 0.5) is 0 Å². The van der Waals surface area contributed by atoms with E-state index in [1.807, 2.05) is 30.0 Å². The molecule has 0 saturated carbocycles. The molecule has 1 aliphatic rings. The molecule has 1 saturated heterocycles. The summed E-state index contributed by atoms with van der Waals surface area (Å²) in [6.45, 7) is 3.95. The van der Waals surface area contributed by atoms with E-state index < -0.39 is 0 Å². The SMILES string of the molecule is C[C@@H]1CN(C(=O)c2cccc(Br)c2I)CCO1. The fourth-order valence-corrected chi connectivity index (χ4v) is 2.80. The van der Waals surface area contributed by atoms with E-state index in [9.17, 15) is 4.79 Å². The van der Waals surface area contributed by atoms with Gasteiger partial charge in [-0.2, -0.15) is 0 Å². The van der Waals surface area contributed by atoms with Crippen molar-refractivity contribution in [2.75, 3.05) is 19.7 Å². The van der Waals surface area contributed by atoms with E-state index in [0.717, 1.165) is 13.6 Å². The summed E-state index contributed by atoms with van der Waals surface area (Å²) in [7, 11) is 0. The van der Waals surface area contributed by atoms with Crippen molar-refractivity contribution in [3.63, 3.8) is 0 Å². The van der Waals surface area contributed by atoms with Crippen LogP contribution in [0.25, 0.3) is 0 Å². The van der Waals surface area contributed by atoms with Crippen molar-refractivity contribution < 1.29 is 9.53 Å². The quantitative estimate of drug-likeness (QED) is 0.667. The van der Waals surface area contributed by atoms with Gasteiger partial charge in [-0.15, -0.1) is 0 Å². The third-order valence-electron chi connectivity index (χ3n) is 2.71. The zero-order chi connectivity index (χ0) is 12.4. The van der Waals surface area contributed by atoms with Crippen LogP contribution in [0.5, 0.6) is 0 Å². The standard InChI is InChI=1S/C12H13BrINO2/c1-8-7-15(5-6-17-8)12(16)9-3-2-4-10(13)11(9)14/h2-4,8H,5-7H2,1H3/t8-/m1/s1. The molecule has 17 heavy (non-hydrogen) atoms. The molecule has 0 N–H and O–H groups in total. The van der Waals surface area contributed by atoms with Gasteiger partial charge in [0.25, 0.3) is 5.91 Å². The van der Waals surface area contributed by atoms with Crippen molar-refractivity contribution in [2.45, 2.75) is 13.0 Å². The zero-order valence-corrected chi connectivity index (χ0v) is 13.2. The van der Waals surface area contributed by atoms with Crippen LogP contribution in [0.1, 0.15) is 17.3 Å². The van der Waals surface area contributed by atoms with Crippen LogP contribution < -0.4 is 0 Å². The third-order valence-corrected chi connectivity index (χ3v) is 5.27. The van der Waals surface area contributed by atoms with E-state index in [0.29, 0.717) is 19.7 Å². The lowest BCUT2D eigenvalue weighted by Crippen LogP contribution is -2.44. The number of morpholine rings is 1. The summed E-state index contributed by atoms with van der Waals surface area (Å²) >= 11 is 5.64. The minimum absolute atomic E-state index is 0.0888. The minimum atomic E-state index is 0.0888. The molecular weight excluding hydrogens is 397 g/mol. The first-order valence-corrected chi connectivity index (χ1v) is 7.31. The predicted octanol–water partition coefficient (Wildman–Crippen LogP) is 2.91. The maximum Gasteiger partial charge on any atom is 0.255 e.